The fourth-order valence-electron chi connectivity index (χ4n) is 1.66. The number of carbonyl (C=O) groups excluding carboxylic acids is 1. The summed E-state index contributed by atoms with van der Waals surface area (Å²) in [5.41, 5.74) is 1.46. The number of benzene rings is 1. The minimum atomic E-state index is -0.449. The van der Waals surface area contributed by atoms with Crippen molar-refractivity contribution in [3.05, 3.63) is 58.4 Å². The summed E-state index contributed by atoms with van der Waals surface area (Å²) in [6, 6.07) is 7.99. The maximum atomic E-state index is 11.3. The van der Waals surface area contributed by atoms with Gasteiger partial charge in [0.1, 0.15) is 0 Å². The SMILES string of the molecule is CC(=O)c1cncc(-c2ccccc2[N+](=O)[O-])c1. The predicted molar refractivity (Wildman–Crippen MR) is 66.3 cm³/mol. The van der Waals surface area contributed by atoms with Crippen LogP contribution in [0.4, 0.5) is 5.69 Å². The van der Waals surface area contributed by atoms with E-state index in [0.29, 0.717) is 16.7 Å². The summed E-state index contributed by atoms with van der Waals surface area (Å²) < 4.78 is 0. The van der Waals surface area contributed by atoms with Crippen LogP contribution in [0.1, 0.15) is 17.3 Å². The van der Waals surface area contributed by atoms with Crippen molar-refractivity contribution in [2.45, 2.75) is 6.92 Å². The Morgan fingerprint density at radius 1 is 1.28 bits per heavy atom. The Hall–Kier alpha value is -2.56. The van der Waals surface area contributed by atoms with Gasteiger partial charge in [0.25, 0.3) is 5.69 Å². The van der Waals surface area contributed by atoms with Crippen molar-refractivity contribution in [1.82, 2.24) is 4.98 Å². The zero-order valence-corrected chi connectivity index (χ0v) is 9.66. The molecule has 1 aromatic carbocycles. The normalized spacial score (nSPS) is 10.1. The molecular formula is C13H10N2O3. The third-order valence-electron chi connectivity index (χ3n) is 2.56. The zero-order valence-electron chi connectivity index (χ0n) is 9.66. The second-order valence-electron chi connectivity index (χ2n) is 3.79. The summed E-state index contributed by atoms with van der Waals surface area (Å²) >= 11 is 0. The first kappa shape index (κ1) is 11.9. The lowest BCUT2D eigenvalue weighted by Gasteiger charge is -2.03. The van der Waals surface area contributed by atoms with E-state index in [1.165, 1.54) is 25.4 Å². The van der Waals surface area contributed by atoms with Crippen LogP contribution in [0.15, 0.2) is 42.7 Å². The van der Waals surface area contributed by atoms with Crippen molar-refractivity contribution in [2.24, 2.45) is 0 Å². The topological polar surface area (TPSA) is 73.1 Å². The molecule has 0 saturated heterocycles. The molecule has 0 bridgehead atoms. The molecule has 0 radical (unpaired) electrons. The van der Waals surface area contributed by atoms with Gasteiger partial charge in [0.05, 0.1) is 10.5 Å². The fraction of sp³-hybridized carbons (Fsp3) is 0.0769. The van der Waals surface area contributed by atoms with Gasteiger partial charge in [-0.2, -0.15) is 0 Å². The Balaban J connectivity index is 2.58. The number of para-hydroxylation sites is 1. The van der Waals surface area contributed by atoms with Crippen molar-refractivity contribution in [3.8, 4) is 11.1 Å². The maximum absolute atomic E-state index is 11.3. The van der Waals surface area contributed by atoms with E-state index in [1.54, 1.807) is 24.3 Å². The molecule has 0 amide bonds. The van der Waals surface area contributed by atoms with Crippen molar-refractivity contribution < 1.29 is 9.72 Å². The van der Waals surface area contributed by atoms with Gasteiger partial charge in [-0.25, -0.2) is 0 Å². The molecule has 0 spiro atoms. The van der Waals surface area contributed by atoms with Crippen LogP contribution in [-0.4, -0.2) is 15.7 Å². The van der Waals surface area contributed by atoms with Crippen LogP contribution in [0, 0.1) is 10.1 Å². The Kier molecular flexibility index (Phi) is 3.14. The largest absolute Gasteiger partial charge is 0.294 e. The highest BCUT2D eigenvalue weighted by Crippen LogP contribution is 2.29. The molecule has 5 nitrogen and oxygen atoms in total. The summed E-state index contributed by atoms with van der Waals surface area (Å²) in [6.45, 7) is 1.43. The number of nitro groups is 1. The number of rotatable bonds is 3. The standard InChI is InChI=1S/C13H10N2O3/c1-9(16)10-6-11(8-14-7-10)12-4-2-3-5-13(12)15(17)18/h2-8H,1H3. The molecule has 90 valence electrons. The molecule has 1 aromatic heterocycles. The number of hydrogen-bond donors (Lipinski definition) is 0. The van der Waals surface area contributed by atoms with E-state index in [1.807, 2.05) is 0 Å². The molecule has 2 aromatic rings. The first-order chi connectivity index (χ1) is 8.59. The van der Waals surface area contributed by atoms with Gasteiger partial charge in [0, 0.05) is 29.6 Å². The lowest BCUT2D eigenvalue weighted by atomic mass is 10.0. The van der Waals surface area contributed by atoms with Crippen LogP contribution in [0.5, 0.6) is 0 Å². The Labute approximate surface area is 103 Å². The van der Waals surface area contributed by atoms with Gasteiger partial charge in [0.2, 0.25) is 0 Å². The highest BCUT2D eigenvalue weighted by molar-refractivity contribution is 5.95. The van der Waals surface area contributed by atoms with E-state index in [2.05, 4.69) is 4.98 Å². The monoisotopic (exact) mass is 242 g/mol. The van der Waals surface area contributed by atoms with Gasteiger partial charge >= 0.3 is 0 Å². The number of ketones is 1. The second-order valence-corrected chi connectivity index (χ2v) is 3.79. The molecule has 0 saturated carbocycles. The Morgan fingerprint density at radius 3 is 2.67 bits per heavy atom. The van der Waals surface area contributed by atoms with Crippen molar-refractivity contribution in [3.63, 3.8) is 0 Å². The van der Waals surface area contributed by atoms with Crippen LogP contribution in [0.2, 0.25) is 0 Å². The van der Waals surface area contributed by atoms with Gasteiger partial charge in [-0.15, -0.1) is 0 Å². The first-order valence-electron chi connectivity index (χ1n) is 5.29. The molecule has 0 unspecified atom stereocenters. The number of carbonyl (C=O) groups is 1. The summed E-state index contributed by atoms with van der Waals surface area (Å²) in [5.74, 6) is -0.122. The van der Waals surface area contributed by atoms with Crippen LogP contribution >= 0.6 is 0 Å². The minimum absolute atomic E-state index is 0.00000189. The molecule has 0 atom stereocenters. The van der Waals surface area contributed by atoms with Crippen molar-refractivity contribution >= 4 is 11.5 Å². The van der Waals surface area contributed by atoms with E-state index in [9.17, 15) is 14.9 Å². The summed E-state index contributed by atoms with van der Waals surface area (Å²) in [6.07, 6.45) is 2.95. The van der Waals surface area contributed by atoms with E-state index >= 15 is 0 Å². The zero-order chi connectivity index (χ0) is 13.1. The average Bonchev–Trinajstić information content (AvgIpc) is 2.39. The van der Waals surface area contributed by atoms with E-state index in [4.69, 9.17) is 0 Å². The fourth-order valence-corrected chi connectivity index (χ4v) is 1.66. The van der Waals surface area contributed by atoms with Crippen LogP contribution in [-0.2, 0) is 0 Å². The van der Waals surface area contributed by atoms with Gasteiger partial charge in [-0.05, 0) is 19.1 Å². The van der Waals surface area contributed by atoms with Crippen LogP contribution < -0.4 is 0 Å². The highest BCUT2D eigenvalue weighted by atomic mass is 16.6. The average molecular weight is 242 g/mol. The molecule has 18 heavy (non-hydrogen) atoms. The number of nitrogens with zero attached hydrogens (tertiary/aromatic N) is 2. The molecule has 2 rings (SSSR count). The number of nitro benzene ring substituents is 1. The van der Waals surface area contributed by atoms with Gasteiger partial charge in [0.15, 0.2) is 5.78 Å². The molecule has 0 aliphatic heterocycles. The van der Waals surface area contributed by atoms with Crippen molar-refractivity contribution in [1.29, 1.82) is 0 Å². The Morgan fingerprint density at radius 2 is 2.00 bits per heavy atom. The van der Waals surface area contributed by atoms with Crippen LogP contribution in [0.3, 0.4) is 0 Å². The van der Waals surface area contributed by atoms with Crippen molar-refractivity contribution in [2.75, 3.05) is 0 Å². The summed E-state index contributed by atoms with van der Waals surface area (Å²) in [5, 5.41) is 10.9. The number of Topliss-reactive ketones (excluding diaryl/α,β-unsaturated/α-hetero) is 1. The molecule has 0 aliphatic carbocycles. The smallest absolute Gasteiger partial charge is 0.277 e. The number of hydrogen-bond acceptors (Lipinski definition) is 4. The second kappa shape index (κ2) is 4.75. The third-order valence-corrected chi connectivity index (χ3v) is 2.56. The molecular weight excluding hydrogens is 232 g/mol. The van der Waals surface area contributed by atoms with Gasteiger partial charge in [-0.3, -0.25) is 19.9 Å². The summed E-state index contributed by atoms with van der Waals surface area (Å²) in [4.78, 5) is 25.7. The lowest BCUT2D eigenvalue weighted by molar-refractivity contribution is -0.384. The van der Waals surface area contributed by atoms with E-state index in [-0.39, 0.29) is 11.5 Å². The van der Waals surface area contributed by atoms with Crippen LogP contribution in [0.25, 0.3) is 11.1 Å². The third kappa shape index (κ3) is 2.24. The van der Waals surface area contributed by atoms with Gasteiger partial charge in [-0.1, -0.05) is 12.1 Å². The molecule has 0 fully saturated rings. The molecule has 0 aliphatic rings. The highest BCUT2D eigenvalue weighted by Gasteiger charge is 2.15. The predicted octanol–water partition coefficient (Wildman–Crippen LogP) is 2.86. The number of aromatic nitrogens is 1. The minimum Gasteiger partial charge on any atom is -0.294 e. The lowest BCUT2D eigenvalue weighted by Crippen LogP contribution is -1.96. The maximum Gasteiger partial charge on any atom is 0.277 e. The quantitative estimate of drug-likeness (QED) is 0.471. The first-order valence-corrected chi connectivity index (χ1v) is 5.29. The van der Waals surface area contributed by atoms with E-state index in [0.717, 1.165) is 0 Å². The summed E-state index contributed by atoms with van der Waals surface area (Å²) in [7, 11) is 0. The van der Waals surface area contributed by atoms with E-state index < -0.39 is 4.92 Å². The molecule has 5 heteroatoms. The number of pyridine rings is 1. The Bertz CT molecular complexity index is 623. The molecule has 0 N–H and O–H groups in total. The van der Waals surface area contributed by atoms with Gasteiger partial charge < -0.3 is 0 Å². The molecule has 1 heterocycles.